The first kappa shape index (κ1) is 17.1. The molecular formula is C21H24N2O2. The highest BCUT2D eigenvalue weighted by Gasteiger charge is 2.41. The van der Waals surface area contributed by atoms with Crippen LogP contribution in [0, 0.1) is 0 Å². The number of carbonyl (C=O) groups is 1. The Balaban J connectivity index is 1.94. The van der Waals surface area contributed by atoms with Gasteiger partial charge in [0.1, 0.15) is 18.0 Å². The predicted molar refractivity (Wildman–Crippen MR) is 101 cm³/mol. The molecule has 4 heteroatoms. The number of hydrogen-bond donors (Lipinski definition) is 1. The van der Waals surface area contributed by atoms with Gasteiger partial charge >= 0.3 is 0 Å². The summed E-state index contributed by atoms with van der Waals surface area (Å²) in [5, 5.41) is 3.54. The van der Waals surface area contributed by atoms with Gasteiger partial charge in [-0.3, -0.25) is 4.79 Å². The summed E-state index contributed by atoms with van der Waals surface area (Å²) >= 11 is 0. The van der Waals surface area contributed by atoms with Gasteiger partial charge in [-0.25, -0.2) is 0 Å². The van der Waals surface area contributed by atoms with E-state index in [1.165, 1.54) is 0 Å². The second-order valence-electron chi connectivity index (χ2n) is 6.56. The highest BCUT2D eigenvalue weighted by molar-refractivity contribution is 6.02. The molecule has 25 heavy (non-hydrogen) atoms. The van der Waals surface area contributed by atoms with Crippen molar-refractivity contribution in [1.82, 2.24) is 4.90 Å². The average Bonchev–Trinajstić information content (AvgIpc) is 2.60. The maximum absolute atomic E-state index is 12.9. The first-order valence-corrected chi connectivity index (χ1v) is 8.52. The van der Waals surface area contributed by atoms with Gasteiger partial charge in [0.2, 0.25) is 0 Å². The zero-order valence-electron chi connectivity index (χ0n) is 15.0. The summed E-state index contributed by atoms with van der Waals surface area (Å²) in [4.78, 5) is 14.8. The zero-order chi connectivity index (χ0) is 18.0. The van der Waals surface area contributed by atoms with Crippen LogP contribution < -0.4 is 10.1 Å². The van der Waals surface area contributed by atoms with Crippen LogP contribution in [0.5, 0.6) is 5.75 Å². The van der Waals surface area contributed by atoms with Gasteiger partial charge in [0, 0.05) is 12.2 Å². The van der Waals surface area contributed by atoms with Gasteiger partial charge in [0.25, 0.3) is 5.91 Å². The molecule has 130 valence electrons. The monoisotopic (exact) mass is 336 g/mol. The van der Waals surface area contributed by atoms with Crippen molar-refractivity contribution in [1.29, 1.82) is 0 Å². The number of hydrogen-bond acceptors (Lipinski definition) is 3. The second kappa shape index (κ2) is 6.63. The second-order valence-corrected chi connectivity index (χ2v) is 6.56. The number of rotatable bonds is 5. The molecule has 1 heterocycles. The molecule has 4 nitrogen and oxygen atoms in total. The summed E-state index contributed by atoms with van der Waals surface area (Å²) in [6.07, 6.45) is 0. The third-order valence-corrected chi connectivity index (χ3v) is 4.54. The van der Waals surface area contributed by atoms with E-state index in [4.69, 9.17) is 4.74 Å². The quantitative estimate of drug-likeness (QED) is 0.823. The van der Waals surface area contributed by atoms with Gasteiger partial charge in [-0.2, -0.15) is 0 Å². The summed E-state index contributed by atoms with van der Waals surface area (Å²) in [5.41, 5.74) is 2.96. The third kappa shape index (κ3) is 3.12. The Kier molecular flexibility index (Phi) is 4.53. The van der Waals surface area contributed by atoms with Gasteiger partial charge in [-0.1, -0.05) is 30.8 Å². The number of anilines is 1. The molecular weight excluding hydrogens is 312 g/mol. The maximum atomic E-state index is 12.9. The minimum absolute atomic E-state index is 0.0435. The van der Waals surface area contributed by atoms with Crippen LogP contribution in [-0.4, -0.2) is 24.0 Å². The molecule has 1 unspecified atom stereocenters. The van der Waals surface area contributed by atoms with Crippen molar-refractivity contribution in [2.75, 3.05) is 18.5 Å². The van der Waals surface area contributed by atoms with E-state index in [0.29, 0.717) is 18.7 Å². The van der Waals surface area contributed by atoms with Crippen molar-refractivity contribution in [2.45, 2.75) is 26.4 Å². The lowest BCUT2D eigenvalue weighted by Crippen LogP contribution is -2.55. The van der Waals surface area contributed by atoms with E-state index in [9.17, 15) is 4.79 Å². The van der Waals surface area contributed by atoms with E-state index < -0.39 is 5.66 Å². The number of benzene rings is 2. The minimum Gasteiger partial charge on any atom is -0.489 e. The topological polar surface area (TPSA) is 41.6 Å². The van der Waals surface area contributed by atoms with Crippen LogP contribution in [0.4, 0.5) is 5.69 Å². The first-order chi connectivity index (χ1) is 12.0. The number of para-hydroxylation sites is 1. The van der Waals surface area contributed by atoms with Crippen molar-refractivity contribution in [3.63, 3.8) is 0 Å². The fourth-order valence-corrected chi connectivity index (χ4v) is 3.23. The van der Waals surface area contributed by atoms with E-state index in [0.717, 1.165) is 22.6 Å². The molecule has 1 aliphatic rings. The number of fused-ring (bicyclic) bond motifs is 1. The Morgan fingerprint density at radius 3 is 2.52 bits per heavy atom. The van der Waals surface area contributed by atoms with E-state index >= 15 is 0 Å². The van der Waals surface area contributed by atoms with E-state index in [2.05, 4.69) is 11.9 Å². The van der Waals surface area contributed by atoms with Crippen molar-refractivity contribution in [2.24, 2.45) is 0 Å². The van der Waals surface area contributed by atoms with Crippen LogP contribution in [0.2, 0.25) is 0 Å². The number of nitrogens with zero attached hydrogens (tertiary/aromatic N) is 1. The predicted octanol–water partition coefficient (Wildman–Crippen LogP) is 4.40. The number of carbonyl (C=O) groups excluding carboxylic acids is 1. The van der Waals surface area contributed by atoms with Crippen LogP contribution in [-0.2, 0) is 5.66 Å². The van der Waals surface area contributed by atoms with Gasteiger partial charge in [0.15, 0.2) is 0 Å². The average molecular weight is 336 g/mol. The van der Waals surface area contributed by atoms with Crippen LogP contribution >= 0.6 is 0 Å². The smallest absolute Gasteiger partial charge is 0.258 e. The summed E-state index contributed by atoms with van der Waals surface area (Å²) in [7, 11) is 0. The molecule has 1 N–H and O–H groups in total. The largest absolute Gasteiger partial charge is 0.489 e. The van der Waals surface area contributed by atoms with Crippen molar-refractivity contribution >= 4 is 11.6 Å². The van der Waals surface area contributed by atoms with E-state index in [1.807, 2.05) is 74.2 Å². The Labute approximate surface area is 149 Å². The summed E-state index contributed by atoms with van der Waals surface area (Å²) in [5.74, 6) is 0.836. The molecule has 0 spiro atoms. The summed E-state index contributed by atoms with van der Waals surface area (Å²) < 4.78 is 5.67. The standard InChI is InChI=1S/C21H24N2O2/c1-5-23-20(24)18-8-6-7-9-19(18)22-21(23,4)16-10-12-17(13-11-16)25-14-15(2)3/h6-13,22H,2,5,14H2,1,3-4H3. The first-order valence-electron chi connectivity index (χ1n) is 8.52. The highest BCUT2D eigenvalue weighted by atomic mass is 16.5. The van der Waals surface area contributed by atoms with Gasteiger partial charge in [0.05, 0.1) is 5.56 Å². The number of ether oxygens (including phenoxy) is 1. The van der Waals surface area contributed by atoms with Gasteiger partial charge < -0.3 is 15.0 Å². The Bertz CT molecular complexity index is 798. The zero-order valence-corrected chi connectivity index (χ0v) is 15.0. The molecule has 0 bridgehead atoms. The lowest BCUT2D eigenvalue weighted by molar-refractivity contribution is 0.0553. The minimum atomic E-state index is -0.604. The van der Waals surface area contributed by atoms with Crippen molar-refractivity contribution < 1.29 is 9.53 Å². The molecule has 1 atom stereocenters. The van der Waals surface area contributed by atoms with Crippen LogP contribution in [0.1, 0.15) is 36.7 Å². The molecule has 2 aromatic rings. The molecule has 2 aromatic carbocycles. The molecule has 1 amide bonds. The molecule has 0 aliphatic carbocycles. The van der Waals surface area contributed by atoms with Crippen LogP contribution in [0.3, 0.4) is 0 Å². The fraction of sp³-hybridized carbons (Fsp3) is 0.286. The van der Waals surface area contributed by atoms with Crippen LogP contribution in [0.15, 0.2) is 60.7 Å². The Morgan fingerprint density at radius 1 is 1.20 bits per heavy atom. The van der Waals surface area contributed by atoms with Gasteiger partial charge in [-0.05, 0) is 56.2 Å². The SMILES string of the molecule is C=C(C)COc1ccc(C2(C)Nc3ccccc3C(=O)N2CC)cc1. The normalized spacial score (nSPS) is 19.2. The molecule has 0 saturated carbocycles. The molecule has 0 radical (unpaired) electrons. The van der Waals surface area contributed by atoms with Gasteiger partial charge in [-0.15, -0.1) is 0 Å². The fourth-order valence-electron chi connectivity index (χ4n) is 3.23. The summed E-state index contributed by atoms with van der Waals surface area (Å²) in [6.45, 7) is 10.9. The maximum Gasteiger partial charge on any atom is 0.258 e. The van der Waals surface area contributed by atoms with E-state index in [1.54, 1.807) is 0 Å². The highest BCUT2D eigenvalue weighted by Crippen LogP contribution is 2.37. The lowest BCUT2D eigenvalue weighted by Gasteiger charge is -2.46. The number of amides is 1. The van der Waals surface area contributed by atoms with Crippen LogP contribution in [0.25, 0.3) is 0 Å². The lowest BCUT2D eigenvalue weighted by atomic mass is 9.93. The van der Waals surface area contributed by atoms with Crippen molar-refractivity contribution in [3.8, 4) is 5.75 Å². The molecule has 0 saturated heterocycles. The molecule has 0 aromatic heterocycles. The Hall–Kier alpha value is -2.75. The van der Waals surface area contributed by atoms with Crippen molar-refractivity contribution in [3.05, 3.63) is 71.8 Å². The molecule has 0 fully saturated rings. The van der Waals surface area contributed by atoms with E-state index in [-0.39, 0.29) is 5.91 Å². The number of nitrogens with one attached hydrogen (secondary N) is 1. The Morgan fingerprint density at radius 2 is 1.88 bits per heavy atom. The summed E-state index contributed by atoms with van der Waals surface area (Å²) in [6, 6.07) is 15.5. The molecule has 3 rings (SSSR count). The third-order valence-electron chi connectivity index (χ3n) is 4.54. The molecule has 1 aliphatic heterocycles.